The van der Waals surface area contributed by atoms with Crippen molar-refractivity contribution >= 4 is 0 Å². The molecule has 10 heavy (non-hydrogen) atoms. The molecule has 0 aromatic carbocycles. The van der Waals surface area contributed by atoms with Gasteiger partial charge in [-0.05, 0) is 31.6 Å². The van der Waals surface area contributed by atoms with E-state index in [0.717, 1.165) is 18.5 Å². The highest BCUT2D eigenvalue weighted by Gasteiger charge is 2.28. The fourth-order valence-corrected chi connectivity index (χ4v) is 2.30. The molecule has 2 heteroatoms. The Kier molecular flexibility index (Phi) is 1.66. The van der Waals surface area contributed by atoms with E-state index in [0.29, 0.717) is 6.04 Å². The Morgan fingerprint density at radius 1 is 1.20 bits per heavy atom. The summed E-state index contributed by atoms with van der Waals surface area (Å²) in [5.41, 5.74) is 5.86. The second-order valence-electron chi connectivity index (χ2n) is 3.78. The van der Waals surface area contributed by atoms with Crippen LogP contribution in [-0.4, -0.2) is 18.6 Å². The summed E-state index contributed by atoms with van der Waals surface area (Å²) in [5.74, 6) is 0.940. The van der Waals surface area contributed by atoms with Crippen LogP contribution in [0.2, 0.25) is 0 Å². The van der Waals surface area contributed by atoms with Crippen LogP contribution in [-0.2, 0) is 0 Å². The van der Waals surface area contributed by atoms with Crippen LogP contribution in [0.3, 0.4) is 0 Å². The molecule has 2 aliphatic rings. The van der Waals surface area contributed by atoms with Crippen LogP contribution in [0.5, 0.6) is 0 Å². The number of nitrogens with two attached hydrogens (primary N) is 1. The van der Waals surface area contributed by atoms with Crippen molar-refractivity contribution in [2.45, 2.75) is 37.8 Å². The quantitative estimate of drug-likeness (QED) is 0.513. The summed E-state index contributed by atoms with van der Waals surface area (Å²) in [6.45, 7) is 1.04. The molecule has 1 heterocycles. The third-order valence-electron chi connectivity index (χ3n) is 2.85. The fourth-order valence-electron chi connectivity index (χ4n) is 2.30. The molecule has 0 unspecified atom stereocenters. The SMILES string of the molecule is N[C@H]1CN[C@@H]2CC[C@H](C1)C2. The van der Waals surface area contributed by atoms with E-state index < -0.39 is 0 Å². The molecule has 1 saturated heterocycles. The molecule has 0 aromatic rings. The maximum Gasteiger partial charge on any atom is 0.0168 e. The summed E-state index contributed by atoms with van der Waals surface area (Å²) < 4.78 is 0. The Hall–Kier alpha value is -0.0800. The van der Waals surface area contributed by atoms with Crippen LogP contribution in [0.4, 0.5) is 0 Å². The van der Waals surface area contributed by atoms with Crippen molar-refractivity contribution in [3.05, 3.63) is 0 Å². The first kappa shape index (κ1) is 6.62. The van der Waals surface area contributed by atoms with Crippen molar-refractivity contribution in [1.82, 2.24) is 5.32 Å². The average molecular weight is 140 g/mol. The summed E-state index contributed by atoms with van der Waals surface area (Å²) >= 11 is 0. The van der Waals surface area contributed by atoms with Gasteiger partial charge in [0.2, 0.25) is 0 Å². The van der Waals surface area contributed by atoms with Gasteiger partial charge in [0.05, 0.1) is 0 Å². The lowest BCUT2D eigenvalue weighted by Crippen LogP contribution is -2.37. The van der Waals surface area contributed by atoms with Crippen molar-refractivity contribution in [3.63, 3.8) is 0 Å². The zero-order chi connectivity index (χ0) is 6.97. The fraction of sp³-hybridized carbons (Fsp3) is 1.00. The van der Waals surface area contributed by atoms with Gasteiger partial charge in [-0.1, -0.05) is 0 Å². The smallest absolute Gasteiger partial charge is 0.0168 e. The highest BCUT2D eigenvalue weighted by molar-refractivity contribution is 4.87. The summed E-state index contributed by atoms with van der Waals surface area (Å²) in [4.78, 5) is 0. The number of nitrogens with one attached hydrogen (secondary N) is 1. The van der Waals surface area contributed by atoms with Crippen molar-refractivity contribution in [1.29, 1.82) is 0 Å². The Bertz CT molecular complexity index is 124. The lowest BCUT2D eigenvalue weighted by atomic mass is 10.00. The number of fused-ring (bicyclic) bond motifs is 2. The van der Waals surface area contributed by atoms with Gasteiger partial charge in [-0.3, -0.25) is 0 Å². The Balaban J connectivity index is 1.99. The van der Waals surface area contributed by atoms with Crippen LogP contribution >= 0.6 is 0 Å². The molecule has 1 aliphatic heterocycles. The third-order valence-corrected chi connectivity index (χ3v) is 2.85. The predicted octanol–water partition coefficient (Wildman–Crippen LogP) is 0.476. The van der Waals surface area contributed by atoms with Crippen LogP contribution in [0.25, 0.3) is 0 Å². The van der Waals surface area contributed by atoms with E-state index in [2.05, 4.69) is 5.32 Å². The summed E-state index contributed by atoms with van der Waals surface area (Å²) in [7, 11) is 0. The lowest BCUT2D eigenvalue weighted by Gasteiger charge is -2.15. The predicted molar refractivity (Wildman–Crippen MR) is 41.7 cm³/mol. The lowest BCUT2D eigenvalue weighted by molar-refractivity contribution is 0.448. The van der Waals surface area contributed by atoms with Gasteiger partial charge in [0, 0.05) is 18.6 Å². The molecule has 2 nitrogen and oxygen atoms in total. The molecule has 2 fully saturated rings. The minimum atomic E-state index is 0.426. The maximum atomic E-state index is 5.86. The zero-order valence-electron chi connectivity index (χ0n) is 6.34. The van der Waals surface area contributed by atoms with Crippen molar-refractivity contribution in [2.75, 3.05) is 6.54 Å². The number of rotatable bonds is 0. The minimum absolute atomic E-state index is 0.426. The molecule has 3 N–H and O–H groups in total. The molecule has 0 spiro atoms. The van der Waals surface area contributed by atoms with E-state index >= 15 is 0 Å². The molecule has 1 aliphatic carbocycles. The highest BCUT2D eigenvalue weighted by Crippen LogP contribution is 2.30. The molecule has 2 bridgehead atoms. The van der Waals surface area contributed by atoms with Gasteiger partial charge in [-0.2, -0.15) is 0 Å². The summed E-state index contributed by atoms with van der Waals surface area (Å²) in [5, 5.41) is 3.50. The molecule has 0 amide bonds. The summed E-state index contributed by atoms with van der Waals surface area (Å²) in [6.07, 6.45) is 5.43. The van der Waals surface area contributed by atoms with Gasteiger partial charge in [-0.25, -0.2) is 0 Å². The molecule has 2 rings (SSSR count). The van der Waals surface area contributed by atoms with Gasteiger partial charge in [0.1, 0.15) is 0 Å². The van der Waals surface area contributed by atoms with Crippen molar-refractivity contribution in [3.8, 4) is 0 Å². The molecule has 58 valence electrons. The average Bonchev–Trinajstić information content (AvgIpc) is 2.22. The Morgan fingerprint density at radius 3 is 3.00 bits per heavy atom. The highest BCUT2D eigenvalue weighted by atomic mass is 15.0. The Labute approximate surface area is 62.2 Å². The molecule has 3 atom stereocenters. The first-order valence-corrected chi connectivity index (χ1v) is 4.33. The van der Waals surface area contributed by atoms with E-state index in [-0.39, 0.29) is 0 Å². The van der Waals surface area contributed by atoms with E-state index in [1.54, 1.807) is 0 Å². The van der Waals surface area contributed by atoms with Crippen LogP contribution in [0, 0.1) is 5.92 Å². The van der Waals surface area contributed by atoms with Crippen LogP contribution in [0.15, 0.2) is 0 Å². The van der Waals surface area contributed by atoms with Crippen LogP contribution < -0.4 is 11.1 Å². The summed E-state index contributed by atoms with van der Waals surface area (Å²) in [6, 6.07) is 1.23. The van der Waals surface area contributed by atoms with Gasteiger partial charge in [0.15, 0.2) is 0 Å². The van der Waals surface area contributed by atoms with Gasteiger partial charge in [-0.15, -0.1) is 0 Å². The minimum Gasteiger partial charge on any atom is -0.327 e. The molecular weight excluding hydrogens is 124 g/mol. The third kappa shape index (κ3) is 1.18. The number of hydrogen-bond donors (Lipinski definition) is 2. The molecule has 1 saturated carbocycles. The molecule has 0 aromatic heterocycles. The van der Waals surface area contributed by atoms with Crippen molar-refractivity contribution in [2.24, 2.45) is 11.7 Å². The second-order valence-corrected chi connectivity index (χ2v) is 3.78. The van der Waals surface area contributed by atoms with Crippen molar-refractivity contribution < 1.29 is 0 Å². The number of hydrogen-bond acceptors (Lipinski definition) is 2. The Morgan fingerprint density at radius 2 is 2.10 bits per heavy atom. The second kappa shape index (κ2) is 2.51. The van der Waals surface area contributed by atoms with Gasteiger partial charge >= 0.3 is 0 Å². The first-order valence-electron chi connectivity index (χ1n) is 4.33. The zero-order valence-corrected chi connectivity index (χ0v) is 6.34. The first-order chi connectivity index (χ1) is 4.84. The topological polar surface area (TPSA) is 38.0 Å². The standard InChI is InChI=1S/C8H16N2/c9-7-3-6-1-2-8(4-6)10-5-7/h6-8,10H,1-5,9H2/t6-,7-,8-/m1/s1. The normalized spacial score (nSPS) is 47.1. The monoisotopic (exact) mass is 140 g/mol. The van der Waals surface area contributed by atoms with Gasteiger partial charge < -0.3 is 11.1 Å². The van der Waals surface area contributed by atoms with Crippen LogP contribution in [0.1, 0.15) is 25.7 Å². The molecule has 0 radical (unpaired) electrons. The van der Waals surface area contributed by atoms with E-state index in [9.17, 15) is 0 Å². The largest absolute Gasteiger partial charge is 0.327 e. The molecular formula is C8H16N2. The van der Waals surface area contributed by atoms with E-state index in [1.807, 2.05) is 0 Å². The van der Waals surface area contributed by atoms with E-state index in [4.69, 9.17) is 5.73 Å². The van der Waals surface area contributed by atoms with E-state index in [1.165, 1.54) is 25.7 Å². The maximum absolute atomic E-state index is 5.86. The van der Waals surface area contributed by atoms with Gasteiger partial charge in [0.25, 0.3) is 0 Å².